The second-order valence-corrected chi connectivity index (χ2v) is 7.13. The van der Waals surface area contributed by atoms with E-state index in [1.165, 1.54) is 16.9 Å². The molecule has 3 heterocycles. The summed E-state index contributed by atoms with van der Waals surface area (Å²) in [5.41, 5.74) is 2.60. The fraction of sp³-hybridized carbons (Fsp3) is 0.211. The lowest BCUT2D eigenvalue weighted by Gasteiger charge is -2.08. The summed E-state index contributed by atoms with van der Waals surface area (Å²) in [5, 5.41) is 0.997. The average Bonchev–Trinajstić information content (AvgIpc) is 3.02. The quantitative estimate of drug-likeness (QED) is 0.557. The first-order chi connectivity index (χ1) is 12.1. The van der Waals surface area contributed by atoms with Crippen LogP contribution in [0.25, 0.3) is 26.1 Å². The van der Waals surface area contributed by atoms with Crippen LogP contribution in [0, 0.1) is 0 Å². The Labute approximate surface area is 148 Å². The fourth-order valence-electron chi connectivity index (χ4n) is 2.98. The predicted octanol–water partition coefficient (Wildman–Crippen LogP) is 4.13. The van der Waals surface area contributed by atoms with Crippen molar-refractivity contribution < 1.29 is 4.74 Å². The number of aromatic nitrogens is 3. The van der Waals surface area contributed by atoms with Crippen LogP contribution in [-0.4, -0.2) is 21.6 Å². The second kappa shape index (κ2) is 5.97. The van der Waals surface area contributed by atoms with Gasteiger partial charge >= 0.3 is 0 Å². The summed E-state index contributed by atoms with van der Waals surface area (Å²) >= 11 is 1.40. The van der Waals surface area contributed by atoms with Gasteiger partial charge in [0.05, 0.1) is 18.3 Å². The van der Waals surface area contributed by atoms with E-state index < -0.39 is 0 Å². The molecule has 0 radical (unpaired) electrons. The molecule has 6 heteroatoms. The van der Waals surface area contributed by atoms with E-state index in [4.69, 9.17) is 4.74 Å². The maximum atomic E-state index is 13.0. The lowest BCUT2D eigenvalue weighted by molar-refractivity contribution is 0.414. The highest BCUT2D eigenvalue weighted by Crippen LogP contribution is 2.34. The minimum atomic E-state index is -0.0760. The number of hydrogen-bond acceptors (Lipinski definition) is 5. The van der Waals surface area contributed by atoms with E-state index in [1.54, 1.807) is 24.2 Å². The number of pyridine rings is 1. The molecule has 0 aliphatic carbocycles. The molecule has 0 saturated heterocycles. The molecule has 1 aromatic carbocycles. The summed E-state index contributed by atoms with van der Waals surface area (Å²) in [6.07, 6.45) is 3.39. The van der Waals surface area contributed by atoms with E-state index in [1.807, 2.05) is 30.3 Å². The minimum absolute atomic E-state index is 0.0760. The molecule has 25 heavy (non-hydrogen) atoms. The molecule has 0 atom stereocenters. The van der Waals surface area contributed by atoms with Crippen LogP contribution in [0.4, 0.5) is 0 Å². The van der Waals surface area contributed by atoms with Crippen molar-refractivity contribution in [2.75, 3.05) is 7.11 Å². The van der Waals surface area contributed by atoms with E-state index in [9.17, 15) is 4.79 Å². The zero-order chi connectivity index (χ0) is 17.6. The second-order valence-electron chi connectivity index (χ2n) is 6.13. The number of thiophene rings is 1. The van der Waals surface area contributed by atoms with Crippen molar-refractivity contribution in [1.82, 2.24) is 14.5 Å². The summed E-state index contributed by atoms with van der Waals surface area (Å²) in [4.78, 5) is 22.9. The summed E-state index contributed by atoms with van der Waals surface area (Å²) < 4.78 is 7.37. The molecule has 4 aromatic rings. The third-order valence-corrected chi connectivity index (χ3v) is 5.36. The number of methoxy groups -OCH3 is 1. The maximum absolute atomic E-state index is 13.0. The highest BCUT2D eigenvalue weighted by Gasteiger charge is 2.17. The summed E-state index contributed by atoms with van der Waals surface area (Å²) in [7, 11) is 1.62. The van der Waals surface area contributed by atoms with Gasteiger partial charge in [0.2, 0.25) is 0 Å². The Morgan fingerprint density at radius 1 is 1.12 bits per heavy atom. The Hall–Kier alpha value is -2.73. The molecule has 0 aliphatic rings. The lowest BCUT2D eigenvalue weighted by atomic mass is 10.0. The molecule has 126 valence electrons. The van der Waals surface area contributed by atoms with E-state index >= 15 is 0 Å². The van der Waals surface area contributed by atoms with Crippen LogP contribution in [0.2, 0.25) is 0 Å². The molecule has 0 aliphatic heterocycles. The van der Waals surface area contributed by atoms with E-state index in [2.05, 4.69) is 23.8 Å². The average molecular weight is 351 g/mol. The molecule has 0 amide bonds. The first-order valence-corrected chi connectivity index (χ1v) is 8.85. The van der Waals surface area contributed by atoms with Gasteiger partial charge in [-0.05, 0) is 41.8 Å². The highest BCUT2D eigenvalue weighted by molar-refractivity contribution is 7.25. The van der Waals surface area contributed by atoms with Crippen molar-refractivity contribution in [1.29, 1.82) is 0 Å². The predicted molar refractivity (Wildman–Crippen MR) is 101 cm³/mol. The van der Waals surface area contributed by atoms with Gasteiger partial charge in [0.15, 0.2) is 0 Å². The van der Waals surface area contributed by atoms with E-state index in [-0.39, 0.29) is 5.56 Å². The van der Waals surface area contributed by atoms with Crippen LogP contribution in [0.15, 0.2) is 47.7 Å². The maximum Gasteiger partial charge on any atom is 0.275 e. The largest absolute Gasteiger partial charge is 0.497 e. The zero-order valence-corrected chi connectivity index (χ0v) is 15.0. The summed E-state index contributed by atoms with van der Waals surface area (Å²) in [6, 6.07) is 9.36. The van der Waals surface area contributed by atoms with Gasteiger partial charge in [-0.1, -0.05) is 13.8 Å². The van der Waals surface area contributed by atoms with Crippen molar-refractivity contribution in [3.63, 3.8) is 0 Å². The van der Waals surface area contributed by atoms with Gasteiger partial charge in [0.1, 0.15) is 21.6 Å². The van der Waals surface area contributed by atoms with Gasteiger partial charge in [-0.3, -0.25) is 9.36 Å². The van der Waals surface area contributed by atoms with Gasteiger partial charge < -0.3 is 4.74 Å². The molecular formula is C19H17N3O2S. The van der Waals surface area contributed by atoms with Gasteiger partial charge in [-0.25, -0.2) is 9.97 Å². The normalized spacial score (nSPS) is 11.5. The first kappa shape index (κ1) is 15.8. The van der Waals surface area contributed by atoms with Crippen molar-refractivity contribution in [3.05, 3.63) is 58.8 Å². The molecule has 0 N–H and O–H groups in total. The van der Waals surface area contributed by atoms with Gasteiger partial charge in [-0.2, -0.15) is 0 Å². The Kier molecular flexibility index (Phi) is 3.77. The molecular weight excluding hydrogens is 334 g/mol. The third-order valence-electron chi connectivity index (χ3n) is 4.29. The van der Waals surface area contributed by atoms with Crippen LogP contribution in [-0.2, 0) is 0 Å². The highest BCUT2D eigenvalue weighted by atomic mass is 32.1. The lowest BCUT2D eigenvalue weighted by Crippen LogP contribution is -2.17. The van der Waals surface area contributed by atoms with E-state index in [0.29, 0.717) is 10.6 Å². The molecule has 0 fully saturated rings. The monoisotopic (exact) mass is 351 g/mol. The van der Waals surface area contributed by atoms with Crippen LogP contribution >= 0.6 is 11.3 Å². The van der Waals surface area contributed by atoms with E-state index in [0.717, 1.165) is 27.2 Å². The summed E-state index contributed by atoms with van der Waals surface area (Å²) in [5.74, 6) is 1.09. The molecule has 0 bridgehead atoms. The van der Waals surface area contributed by atoms with Crippen LogP contribution in [0.1, 0.15) is 25.3 Å². The third kappa shape index (κ3) is 2.49. The van der Waals surface area contributed by atoms with Gasteiger partial charge in [0, 0.05) is 11.6 Å². The zero-order valence-electron chi connectivity index (χ0n) is 14.2. The smallest absolute Gasteiger partial charge is 0.275 e. The van der Waals surface area contributed by atoms with Crippen molar-refractivity contribution in [2.24, 2.45) is 0 Å². The molecule has 4 rings (SSSR count). The molecule has 0 saturated carbocycles. The van der Waals surface area contributed by atoms with Crippen LogP contribution < -0.4 is 10.3 Å². The van der Waals surface area contributed by atoms with Gasteiger partial charge in [0.25, 0.3) is 5.56 Å². The molecule has 0 unspecified atom stereocenters. The number of ether oxygens (including phenoxy) is 1. The minimum Gasteiger partial charge on any atom is -0.497 e. The first-order valence-electron chi connectivity index (χ1n) is 8.03. The van der Waals surface area contributed by atoms with Crippen LogP contribution in [0.3, 0.4) is 0 Å². The number of fused-ring (bicyclic) bond motifs is 3. The Bertz CT molecular complexity index is 1130. The van der Waals surface area contributed by atoms with Crippen molar-refractivity contribution in [3.8, 4) is 11.4 Å². The van der Waals surface area contributed by atoms with Crippen molar-refractivity contribution >= 4 is 31.8 Å². The Balaban J connectivity index is 1.98. The van der Waals surface area contributed by atoms with Crippen molar-refractivity contribution in [2.45, 2.75) is 19.8 Å². The SMILES string of the molecule is COc1ccc(-n2cnc3c(sc4nccc(C(C)C)c43)c2=O)cc1. The molecule has 5 nitrogen and oxygen atoms in total. The molecule has 3 aromatic heterocycles. The standard InChI is InChI=1S/C19H17N3O2S/c1-11(2)14-8-9-20-18-15(14)16-17(25-18)19(23)22(10-21-16)12-4-6-13(24-3)7-5-12/h4-11H,1-3H3. The number of hydrogen-bond donors (Lipinski definition) is 0. The van der Waals surface area contributed by atoms with Gasteiger partial charge in [-0.15, -0.1) is 11.3 Å². The Morgan fingerprint density at radius 2 is 1.88 bits per heavy atom. The van der Waals surface area contributed by atoms with Crippen LogP contribution in [0.5, 0.6) is 5.75 Å². The summed E-state index contributed by atoms with van der Waals surface area (Å²) in [6.45, 7) is 4.27. The number of benzene rings is 1. The molecule has 0 spiro atoms. The number of nitrogens with zero attached hydrogens (tertiary/aromatic N) is 3. The fourth-order valence-corrected chi connectivity index (χ4v) is 4.04. The Morgan fingerprint density at radius 3 is 2.56 bits per heavy atom. The topological polar surface area (TPSA) is 57.0 Å². The number of rotatable bonds is 3.